The first kappa shape index (κ1) is 19.1. The third-order valence-electron chi connectivity index (χ3n) is 3.79. The maximum atomic E-state index is 13.5. The molecule has 0 radical (unpaired) electrons. The maximum absolute atomic E-state index is 13.5. The Hall–Kier alpha value is -1.93. The summed E-state index contributed by atoms with van der Waals surface area (Å²) in [6, 6.07) is 3.28. The molecular weight excluding hydrogens is 329 g/mol. The van der Waals surface area contributed by atoms with Gasteiger partial charge in [0.05, 0.1) is 4.92 Å². The third kappa shape index (κ3) is 4.52. The fraction of sp³-hybridized carbons (Fsp3) is 0.500. The molecule has 9 heteroatoms. The number of nitrogens with two attached hydrogens (primary N) is 1. The summed E-state index contributed by atoms with van der Waals surface area (Å²) < 4.78 is 18.7. The number of rotatable bonds is 5. The van der Waals surface area contributed by atoms with Gasteiger partial charge in [0.25, 0.3) is 5.91 Å². The van der Waals surface area contributed by atoms with Gasteiger partial charge in [-0.3, -0.25) is 14.9 Å². The van der Waals surface area contributed by atoms with E-state index in [2.05, 4.69) is 0 Å². The molecule has 2 atom stereocenters. The molecular formula is C14H19ClFN3O4. The van der Waals surface area contributed by atoms with Crippen molar-refractivity contribution in [1.29, 1.82) is 0 Å². The van der Waals surface area contributed by atoms with Crippen LogP contribution in [0.1, 0.15) is 13.3 Å². The Balaban J connectivity index is 0.00000264. The molecule has 0 aliphatic carbocycles. The van der Waals surface area contributed by atoms with Crippen LogP contribution in [0, 0.1) is 21.8 Å². The van der Waals surface area contributed by atoms with Gasteiger partial charge < -0.3 is 15.4 Å². The van der Waals surface area contributed by atoms with Crippen LogP contribution < -0.4 is 10.5 Å². The summed E-state index contributed by atoms with van der Waals surface area (Å²) >= 11 is 0. The van der Waals surface area contributed by atoms with E-state index in [9.17, 15) is 19.3 Å². The van der Waals surface area contributed by atoms with Crippen molar-refractivity contribution in [3.63, 3.8) is 0 Å². The lowest BCUT2D eigenvalue weighted by Gasteiger charge is -2.21. The number of carbonyl (C=O) groups excluding carboxylic acids is 1. The largest absolute Gasteiger partial charge is 0.484 e. The van der Waals surface area contributed by atoms with Crippen molar-refractivity contribution in [1.82, 2.24) is 4.90 Å². The molecule has 1 aromatic rings. The monoisotopic (exact) mass is 347 g/mol. The van der Waals surface area contributed by atoms with Crippen LogP contribution in [-0.4, -0.2) is 41.5 Å². The van der Waals surface area contributed by atoms with E-state index in [1.807, 2.05) is 6.92 Å². The van der Waals surface area contributed by atoms with Gasteiger partial charge in [0.2, 0.25) is 5.82 Å². The van der Waals surface area contributed by atoms with E-state index in [0.29, 0.717) is 13.1 Å². The van der Waals surface area contributed by atoms with Crippen molar-refractivity contribution in [3.8, 4) is 5.75 Å². The average molecular weight is 348 g/mol. The molecule has 1 aliphatic rings. The molecule has 2 N–H and O–H groups in total. The van der Waals surface area contributed by atoms with Crippen LogP contribution >= 0.6 is 12.4 Å². The van der Waals surface area contributed by atoms with E-state index >= 15 is 0 Å². The van der Waals surface area contributed by atoms with Crippen molar-refractivity contribution in [2.24, 2.45) is 11.7 Å². The lowest BCUT2D eigenvalue weighted by Crippen LogP contribution is -2.37. The second-order valence-corrected chi connectivity index (χ2v) is 5.39. The van der Waals surface area contributed by atoms with E-state index in [1.54, 1.807) is 4.90 Å². The summed E-state index contributed by atoms with van der Waals surface area (Å²) in [4.78, 5) is 23.5. The van der Waals surface area contributed by atoms with E-state index in [4.69, 9.17) is 10.5 Å². The Labute approximate surface area is 139 Å². The second kappa shape index (κ2) is 8.07. The van der Waals surface area contributed by atoms with Gasteiger partial charge in [-0.1, -0.05) is 0 Å². The molecule has 23 heavy (non-hydrogen) atoms. The number of carbonyl (C=O) groups is 1. The van der Waals surface area contributed by atoms with Crippen molar-refractivity contribution < 1.29 is 18.8 Å². The first-order valence-corrected chi connectivity index (χ1v) is 6.98. The Kier molecular flexibility index (Phi) is 6.71. The quantitative estimate of drug-likeness (QED) is 0.646. The summed E-state index contributed by atoms with van der Waals surface area (Å²) in [6.45, 7) is 2.83. The fourth-order valence-electron chi connectivity index (χ4n) is 2.61. The van der Waals surface area contributed by atoms with Crippen LogP contribution in [0.15, 0.2) is 18.2 Å². The van der Waals surface area contributed by atoms with Gasteiger partial charge in [0, 0.05) is 24.7 Å². The highest BCUT2D eigenvalue weighted by Crippen LogP contribution is 2.24. The van der Waals surface area contributed by atoms with Gasteiger partial charge in [0.1, 0.15) is 5.75 Å². The lowest BCUT2D eigenvalue weighted by molar-refractivity contribution is -0.387. The number of hydrogen-bond donors (Lipinski definition) is 1. The zero-order chi connectivity index (χ0) is 16.3. The van der Waals surface area contributed by atoms with Gasteiger partial charge in [-0.25, -0.2) is 0 Å². The number of amides is 1. The van der Waals surface area contributed by atoms with Crippen molar-refractivity contribution >= 4 is 24.0 Å². The van der Waals surface area contributed by atoms with Crippen molar-refractivity contribution in [2.45, 2.75) is 19.4 Å². The third-order valence-corrected chi connectivity index (χ3v) is 3.79. The molecule has 0 bridgehead atoms. The second-order valence-electron chi connectivity index (χ2n) is 5.39. The number of hydrogen-bond acceptors (Lipinski definition) is 5. The van der Waals surface area contributed by atoms with Crippen LogP contribution in [0.2, 0.25) is 0 Å². The number of nitrogens with zero attached hydrogens (tertiary/aromatic N) is 2. The number of nitro benzene ring substituents is 1. The molecule has 2 rings (SSSR count). The molecule has 0 saturated carbocycles. The molecule has 1 saturated heterocycles. The molecule has 1 aromatic carbocycles. The van der Waals surface area contributed by atoms with Crippen LogP contribution in [0.3, 0.4) is 0 Å². The van der Waals surface area contributed by atoms with Crippen molar-refractivity contribution in [2.75, 3.05) is 19.7 Å². The summed E-state index contributed by atoms with van der Waals surface area (Å²) in [5.41, 5.74) is 4.99. The zero-order valence-electron chi connectivity index (χ0n) is 12.6. The maximum Gasteiger partial charge on any atom is 0.305 e. The van der Waals surface area contributed by atoms with Crippen LogP contribution in [0.4, 0.5) is 10.1 Å². The minimum atomic E-state index is -0.993. The average Bonchev–Trinajstić information content (AvgIpc) is 2.85. The topological polar surface area (TPSA) is 98.7 Å². The Morgan fingerprint density at radius 1 is 1.57 bits per heavy atom. The van der Waals surface area contributed by atoms with Gasteiger partial charge >= 0.3 is 5.69 Å². The molecule has 1 aliphatic heterocycles. The first-order chi connectivity index (χ1) is 10.4. The zero-order valence-corrected chi connectivity index (χ0v) is 13.4. The van der Waals surface area contributed by atoms with Gasteiger partial charge in [-0.15, -0.1) is 12.4 Å². The van der Waals surface area contributed by atoms with Gasteiger partial charge in [0.15, 0.2) is 6.61 Å². The molecule has 2 unspecified atom stereocenters. The predicted octanol–water partition coefficient (Wildman–Crippen LogP) is 1.73. The molecule has 1 fully saturated rings. The number of ether oxygens (including phenoxy) is 1. The van der Waals surface area contributed by atoms with Crippen LogP contribution in [0.5, 0.6) is 5.75 Å². The molecule has 0 aromatic heterocycles. The fourth-order valence-corrected chi connectivity index (χ4v) is 2.61. The minimum absolute atomic E-state index is 0. The SMILES string of the molecule is CC1CC(CN)CN1C(=O)COc1ccc([N+](=O)[O-])c(F)c1.Cl. The van der Waals surface area contributed by atoms with Crippen LogP contribution in [-0.2, 0) is 4.79 Å². The van der Waals surface area contributed by atoms with Gasteiger partial charge in [-0.2, -0.15) is 4.39 Å². The molecule has 7 nitrogen and oxygen atoms in total. The van der Waals surface area contributed by atoms with Gasteiger partial charge in [-0.05, 0) is 31.9 Å². The van der Waals surface area contributed by atoms with Crippen molar-refractivity contribution in [3.05, 3.63) is 34.1 Å². The number of likely N-dealkylation sites (tertiary alicyclic amines) is 1. The van der Waals surface area contributed by atoms with E-state index in [0.717, 1.165) is 18.6 Å². The predicted molar refractivity (Wildman–Crippen MR) is 84.1 cm³/mol. The Bertz CT molecular complexity index is 587. The summed E-state index contributed by atoms with van der Waals surface area (Å²) in [7, 11) is 0. The standard InChI is InChI=1S/C14H18FN3O4.ClH/c1-9-4-10(6-16)7-17(9)14(19)8-22-11-2-3-13(18(20)21)12(15)5-11;/h2-3,5,9-10H,4,6-8,16H2,1H3;1H. The molecule has 1 heterocycles. The molecule has 128 valence electrons. The number of nitro groups is 1. The highest BCUT2D eigenvalue weighted by Gasteiger charge is 2.31. The molecule has 0 spiro atoms. The summed E-state index contributed by atoms with van der Waals surface area (Å²) in [5.74, 6) is -0.829. The smallest absolute Gasteiger partial charge is 0.305 e. The molecule has 1 amide bonds. The number of benzene rings is 1. The summed E-state index contributed by atoms with van der Waals surface area (Å²) in [5, 5.41) is 10.5. The normalized spacial score (nSPS) is 20.0. The summed E-state index contributed by atoms with van der Waals surface area (Å²) in [6.07, 6.45) is 0.856. The van der Waals surface area contributed by atoms with E-state index in [-0.39, 0.29) is 42.6 Å². The van der Waals surface area contributed by atoms with E-state index in [1.165, 1.54) is 6.07 Å². The Morgan fingerprint density at radius 2 is 2.26 bits per heavy atom. The highest BCUT2D eigenvalue weighted by molar-refractivity contribution is 5.85. The lowest BCUT2D eigenvalue weighted by atomic mass is 10.1. The minimum Gasteiger partial charge on any atom is -0.484 e. The first-order valence-electron chi connectivity index (χ1n) is 6.98. The van der Waals surface area contributed by atoms with Crippen LogP contribution in [0.25, 0.3) is 0 Å². The highest BCUT2D eigenvalue weighted by atomic mass is 35.5. The number of halogens is 2. The van der Waals surface area contributed by atoms with E-state index < -0.39 is 16.4 Å². The Morgan fingerprint density at radius 3 is 2.78 bits per heavy atom.